The number of ether oxygens (including phenoxy) is 2. The van der Waals surface area contributed by atoms with Crippen molar-refractivity contribution in [2.45, 2.75) is 6.92 Å². The lowest BCUT2D eigenvalue weighted by Gasteiger charge is -2.34. The van der Waals surface area contributed by atoms with Crippen LogP contribution in [-0.4, -0.2) is 58.3 Å². The molecule has 0 radical (unpaired) electrons. The number of piperazine rings is 1. The number of aryl methyl sites for hydroxylation is 1. The van der Waals surface area contributed by atoms with Gasteiger partial charge in [0.1, 0.15) is 0 Å². The number of hydrogen-bond donors (Lipinski definition) is 1. The molecule has 2 aromatic carbocycles. The fraction of sp³-hybridized carbons (Fsp3) is 0.381. The molecule has 1 saturated heterocycles. The monoisotopic (exact) mass is 369 g/mol. The van der Waals surface area contributed by atoms with Crippen molar-refractivity contribution in [3.63, 3.8) is 0 Å². The van der Waals surface area contributed by atoms with Crippen LogP contribution in [-0.2, 0) is 0 Å². The minimum Gasteiger partial charge on any atom is -0.493 e. The Balaban J connectivity index is 1.77. The molecule has 6 heteroatoms. The number of likely N-dealkylation sites (N-methyl/N-ethyl adjacent to an activating group) is 1. The molecule has 0 aliphatic carbocycles. The second-order valence-corrected chi connectivity index (χ2v) is 6.78. The summed E-state index contributed by atoms with van der Waals surface area (Å²) < 4.78 is 10.6. The Morgan fingerprint density at radius 2 is 1.78 bits per heavy atom. The summed E-state index contributed by atoms with van der Waals surface area (Å²) in [4.78, 5) is 17.5. The number of para-hydroxylation sites is 1. The van der Waals surface area contributed by atoms with E-state index in [1.807, 2.05) is 13.0 Å². The van der Waals surface area contributed by atoms with E-state index in [1.54, 1.807) is 25.3 Å². The van der Waals surface area contributed by atoms with Gasteiger partial charge in [-0.15, -0.1) is 0 Å². The van der Waals surface area contributed by atoms with E-state index in [4.69, 9.17) is 9.47 Å². The lowest BCUT2D eigenvalue weighted by molar-refractivity contribution is 0.102. The predicted molar refractivity (Wildman–Crippen MR) is 108 cm³/mol. The van der Waals surface area contributed by atoms with E-state index >= 15 is 0 Å². The summed E-state index contributed by atoms with van der Waals surface area (Å²) in [6.45, 7) is 6.17. The third kappa shape index (κ3) is 4.17. The molecule has 2 aromatic rings. The Kier molecular flexibility index (Phi) is 5.86. The summed E-state index contributed by atoms with van der Waals surface area (Å²) in [5, 5.41) is 2.99. The average Bonchev–Trinajstić information content (AvgIpc) is 2.69. The quantitative estimate of drug-likeness (QED) is 0.878. The number of amides is 1. The van der Waals surface area contributed by atoms with Gasteiger partial charge in [-0.05, 0) is 49.9 Å². The minimum atomic E-state index is -0.221. The molecule has 1 amide bonds. The number of methoxy groups -OCH3 is 2. The third-order valence-electron chi connectivity index (χ3n) is 4.97. The van der Waals surface area contributed by atoms with Gasteiger partial charge in [0.25, 0.3) is 5.91 Å². The molecule has 0 unspecified atom stereocenters. The molecule has 1 aliphatic rings. The molecule has 0 saturated carbocycles. The van der Waals surface area contributed by atoms with Gasteiger partial charge in [0.2, 0.25) is 0 Å². The van der Waals surface area contributed by atoms with Crippen LogP contribution in [0.15, 0.2) is 36.4 Å². The lowest BCUT2D eigenvalue weighted by atomic mass is 10.1. The van der Waals surface area contributed by atoms with E-state index in [0.717, 1.165) is 37.4 Å². The van der Waals surface area contributed by atoms with Crippen LogP contribution in [0.3, 0.4) is 0 Å². The second kappa shape index (κ2) is 8.31. The van der Waals surface area contributed by atoms with Gasteiger partial charge in [-0.25, -0.2) is 0 Å². The van der Waals surface area contributed by atoms with Crippen molar-refractivity contribution in [2.75, 3.05) is 57.7 Å². The molecule has 0 bridgehead atoms. The number of nitrogens with zero attached hydrogens (tertiary/aromatic N) is 2. The molecule has 1 aliphatic heterocycles. The highest BCUT2D eigenvalue weighted by Gasteiger charge is 2.18. The van der Waals surface area contributed by atoms with Crippen LogP contribution < -0.4 is 19.7 Å². The summed E-state index contributed by atoms with van der Waals surface area (Å²) in [6, 6.07) is 11.4. The normalized spacial score (nSPS) is 14.7. The van der Waals surface area contributed by atoms with Gasteiger partial charge in [-0.1, -0.05) is 6.07 Å². The minimum absolute atomic E-state index is 0.221. The van der Waals surface area contributed by atoms with E-state index < -0.39 is 0 Å². The van der Waals surface area contributed by atoms with Crippen molar-refractivity contribution in [1.29, 1.82) is 0 Å². The molecule has 0 spiro atoms. The Morgan fingerprint density at radius 3 is 2.41 bits per heavy atom. The highest BCUT2D eigenvalue weighted by molar-refractivity contribution is 6.07. The maximum absolute atomic E-state index is 12.8. The van der Waals surface area contributed by atoms with Crippen LogP contribution >= 0.6 is 0 Å². The van der Waals surface area contributed by atoms with E-state index in [2.05, 4.69) is 34.3 Å². The van der Waals surface area contributed by atoms with E-state index in [9.17, 15) is 4.79 Å². The first-order chi connectivity index (χ1) is 13.0. The summed E-state index contributed by atoms with van der Waals surface area (Å²) >= 11 is 0. The molecule has 144 valence electrons. The lowest BCUT2D eigenvalue weighted by Crippen LogP contribution is -2.44. The zero-order valence-corrected chi connectivity index (χ0v) is 16.4. The number of carbonyl (C=O) groups is 1. The molecule has 1 N–H and O–H groups in total. The summed E-state index contributed by atoms with van der Waals surface area (Å²) in [6.07, 6.45) is 0. The van der Waals surface area contributed by atoms with Crippen LogP contribution in [0.25, 0.3) is 0 Å². The summed E-state index contributed by atoms with van der Waals surface area (Å²) in [5.74, 6) is 0.748. The largest absolute Gasteiger partial charge is 0.493 e. The standard InChI is InChI=1S/C21H27N3O3/c1-15-14-16(24-12-10-23(2)11-13-24)8-9-18(15)22-21(25)17-6-5-7-19(26-3)20(17)27-4/h5-9,14H,10-13H2,1-4H3,(H,22,25). The number of rotatable bonds is 5. The van der Waals surface area contributed by atoms with Gasteiger partial charge in [0.05, 0.1) is 19.8 Å². The van der Waals surface area contributed by atoms with Crippen molar-refractivity contribution in [3.05, 3.63) is 47.5 Å². The fourth-order valence-electron chi connectivity index (χ4n) is 3.31. The maximum atomic E-state index is 12.8. The molecular weight excluding hydrogens is 342 g/mol. The Bertz CT molecular complexity index is 814. The molecule has 1 heterocycles. The molecule has 6 nitrogen and oxygen atoms in total. The molecule has 27 heavy (non-hydrogen) atoms. The number of benzene rings is 2. The molecule has 0 aromatic heterocycles. The highest BCUT2D eigenvalue weighted by Crippen LogP contribution is 2.32. The number of anilines is 2. The molecule has 0 atom stereocenters. The van der Waals surface area contributed by atoms with Gasteiger partial charge in [-0.2, -0.15) is 0 Å². The van der Waals surface area contributed by atoms with E-state index in [0.29, 0.717) is 17.1 Å². The van der Waals surface area contributed by atoms with Crippen LogP contribution in [0.5, 0.6) is 11.5 Å². The number of hydrogen-bond acceptors (Lipinski definition) is 5. The topological polar surface area (TPSA) is 54.0 Å². The van der Waals surface area contributed by atoms with Crippen LogP contribution in [0.1, 0.15) is 15.9 Å². The number of carbonyl (C=O) groups excluding carboxylic acids is 1. The Hall–Kier alpha value is -2.73. The van der Waals surface area contributed by atoms with E-state index in [1.165, 1.54) is 12.8 Å². The van der Waals surface area contributed by atoms with Gasteiger partial charge < -0.3 is 24.6 Å². The van der Waals surface area contributed by atoms with Crippen molar-refractivity contribution >= 4 is 17.3 Å². The summed E-state index contributed by atoms with van der Waals surface area (Å²) in [7, 11) is 5.24. The Morgan fingerprint density at radius 1 is 1.04 bits per heavy atom. The second-order valence-electron chi connectivity index (χ2n) is 6.78. The first kappa shape index (κ1) is 19.0. The smallest absolute Gasteiger partial charge is 0.259 e. The van der Waals surface area contributed by atoms with Crippen molar-refractivity contribution in [1.82, 2.24) is 4.90 Å². The fourth-order valence-corrected chi connectivity index (χ4v) is 3.31. The first-order valence-electron chi connectivity index (χ1n) is 9.10. The predicted octanol–water partition coefficient (Wildman–Crippen LogP) is 3.02. The van der Waals surface area contributed by atoms with Crippen LogP contribution in [0.4, 0.5) is 11.4 Å². The molecule has 3 rings (SSSR count). The van der Waals surface area contributed by atoms with Crippen molar-refractivity contribution in [2.24, 2.45) is 0 Å². The van der Waals surface area contributed by atoms with Gasteiger partial charge in [-0.3, -0.25) is 4.79 Å². The van der Waals surface area contributed by atoms with Crippen molar-refractivity contribution < 1.29 is 14.3 Å². The average molecular weight is 369 g/mol. The summed E-state index contributed by atoms with van der Waals surface area (Å²) in [5.41, 5.74) is 3.46. The van der Waals surface area contributed by atoms with Gasteiger partial charge in [0, 0.05) is 37.6 Å². The SMILES string of the molecule is COc1cccc(C(=O)Nc2ccc(N3CCN(C)CC3)cc2C)c1OC. The highest BCUT2D eigenvalue weighted by atomic mass is 16.5. The molecular formula is C21H27N3O3. The maximum Gasteiger partial charge on any atom is 0.259 e. The Labute approximate surface area is 160 Å². The van der Waals surface area contributed by atoms with Crippen molar-refractivity contribution in [3.8, 4) is 11.5 Å². The zero-order chi connectivity index (χ0) is 19.4. The first-order valence-corrected chi connectivity index (χ1v) is 9.10. The zero-order valence-electron chi connectivity index (χ0n) is 16.4. The number of nitrogens with one attached hydrogen (secondary N) is 1. The van der Waals surface area contributed by atoms with Gasteiger partial charge >= 0.3 is 0 Å². The van der Waals surface area contributed by atoms with Crippen LogP contribution in [0, 0.1) is 6.92 Å². The van der Waals surface area contributed by atoms with E-state index in [-0.39, 0.29) is 5.91 Å². The van der Waals surface area contributed by atoms with Gasteiger partial charge in [0.15, 0.2) is 11.5 Å². The molecule has 1 fully saturated rings. The van der Waals surface area contributed by atoms with Crippen LogP contribution in [0.2, 0.25) is 0 Å². The third-order valence-corrected chi connectivity index (χ3v) is 4.97.